The van der Waals surface area contributed by atoms with E-state index in [9.17, 15) is 8.78 Å². The van der Waals surface area contributed by atoms with Crippen LogP contribution < -0.4 is 20.1 Å². The number of halogens is 3. The van der Waals surface area contributed by atoms with Gasteiger partial charge in [0.1, 0.15) is 11.5 Å². The lowest BCUT2D eigenvalue weighted by Crippen LogP contribution is -2.41. The molecule has 0 heterocycles. The molecule has 9 heteroatoms. The molecule has 2 N–H and O–H groups in total. The van der Waals surface area contributed by atoms with Crippen molar-refractivity contribution in [2.75, 3.05) is 34.8 Å². The lowest BCUT2D eigenvalue weighted by Gasteiger charge is -2.26. The van der Waals surface area contributed by atoms with Crippen LogP contribution in [0.5, 0.6) is 11.5 Å². The summed E-state index contributed by atoms with van der Waals surface area (Å²) in [5, 5.41) is 6.42. The van der Waals surface area contributed by atoms with Gasteiger partial charge < -0.3 is 25.0 Å². The van der Waals surface area contributed by atoms with Gasteiger partial charge in [0, 0.05) is 25.7 Å². The van der Waals surface area contributed by atoms with Gasteiger partial charge in [0.05, 0.1) is 13.2 Å². The number of benzene rings is 2. The van der Waals surface area contributed by atoms with Crippen LogP contribution in [0.25, 0.3) is 0 Å². The van der Waals surface area contributed by atoms with Gasteiger partial charge in [-0.1, -0.05) is 30.3 Å². The van der Waals surface area contributed by atoms with Crippen molar-refractivity contribution >= 4 is 29.9 Å². The molecule has 0 spiro atoms. The molecular formula is C21H29F2IN4O2. The molecule has 166 valence electrons. The van der Waals surface area contributed by atoms with E-state index >= 15 is 0 Å². The topological polar surface area (TPSA) is 58.1 Å². The van der Waals surface area contributed by atoms with Gasteiger partial charge in [-0.25, -0.2) is 0 Å². The summed E-state index contributed by atoms with van der Waals surface area (Å²) in [7, 11) is 7.20. The van der Waals surface area contributed by atoms with E-state index in [4.69, 9.17) is 4.74 Å². The largest absolute Gasteiger partial charge is 0.497 e. The number of aliphatic imine (C=N–C) groups is 1. The van der Waals surface area contributed by atoms with Crippen molar-refractivity contribution < 1.29 is 18.3 Å². The number of alkyl halides is 2. The molecule has 1 atom stereocenters. The van der Waals surface area contributed by atoms with E-state index in [0.717, 1.165) is 0 Å². The highest BCUT2D eigenvalue weighted by Gasteiger charge is 2.15. The molecule has 0 saturated heterocycles. The number of likely N-dealkylation sites (N-methyl/N-ethyl adjacent to an activating group) is 1. The van der Waals surface area contributed by atoms with Crippen molar-refractivity contribution in [2.24, 2.45) is 4.99 Å². The molecule has 2 rings (SSSR count). The third kappa shape index (κ3) is 7.94. The lowest BCUT2D eigenvalue weighted by atomic mass is 10.1. The minimum absolute atomic E-state index is 0. The number of guanidine groups is 1. The molecular weight excluding hydrogens is 505 g/mol. The van der Waals surface area contributed by atoms with Gasteiger partial charge in [0.15, 0.2) is 5.96 Å². The molecule has 0 bridgehead atoms. The maximum Gasteiger partial charge on any atom is 0.387 e. The number of nitrogens with one attached hydrogen (secondary N) is 2. The normalized spacial score (nSPS) is 12.3. The average Bonchev–Trinajstić information content (AvgIpc) is 2.71. The SMILES string of the molecule is CN=C(NCc1cc(OC)ccc1OC(F)F)NCC(c1ccccc1)N(C)C.I. The van der Waals surface area contributed by atoms with Crippen molar-refractivity contribution in [3.05, 3.63) is 59.7 Å². The maximum absolute atomic E-state index is 12.7. The molecule has 2 aromatic rings. The summed E-state index contributed by atoms with van der Waals surface area (Å²) < 4.78 is 35.1. The zero-order chi connectivity index (χ0) is 21.2. The van der Waals surface area contributed by atoms with Crippen molar-refractivity contribution in [1.82, 2.24) is 15.5 Å². The third-order valence-electron chi connectivity index (χ3n) is 4.42. The molecule has 0 saturated carbocycles. The van der Waals surface area contributed by atoms with Crippen LogP contribution in [0, 0.1) is 0 Å². The van der Waals surface area contributed by atoms with Gasteiger partial charge >= 0.3 is 6.61 Å². The Morgan fingerprint density at radius 3 is 2.37 bits per heavy atom. The van der Waals surface area contributed by atoms with Crippen LogP contribution in [0.2, 0.25) is 0 Å². The predicted molar refractivity (Wildman–Crippen MR) is 126 cm³/mol. The Morgan fingerprint density at radius 2 is 1.80 bits per heavy atom. The molecule has 30 heavy (non-hydrogen) atoms. The number of hydrogen-bond donors (Lipinski definition) is 2. The Morgan fingerprint density at radius 1 is 1.10 bits per heavy atom. The molecule has 0 aromatic heterocycles. The second kappa shape index (κ2) is 13.2. The number of hydrogen-bond acceptors (Lipinski definition) is 4. The summed E-state index contributed by atoms with van der Waals surface area (Å²) in [6.07, 6.45) is 0. The first-order valence-corrected chi connectivity index (χ1v) is 9.22. The Bertz CT molecular complexity index is 792. The molecule has 0 aliphatic rings. The zero-order valence-corrected chi connectivity index (χ0v) is 19.9. The maximum atomic E-state index is 12.7. The summed E-state index contributed by atoms with van der Waals surface area (Å²) in [5.41, 5.74) is 1.72. The van der Waals surface area contributed by atoms with Crippen LogP contribution >= 0.6 is 24.0 Å². The smallest absolute Gasteiger partial charge is 0.387 e. The van der Waals surface area contributed by atoms with Crippen LogP contribution in [0.4, 0.5) is 8.78 Å². The second-order valence-electron chi connectivity index (χ2n) is 6.55. The van der Waals surface area contributed by atoms with E-state index in [-0.39, 0.29) is 42.3 Å². The van der Waals surface area contributed by atoms with Crippen LogP contribution in [-0.4, -0.2) is 52.3 Å². The van der Waals surface area contributed by atoms with E-state index in [1.165, 1.54) is 18.7 Å². The van der Waals surface area contributed by atoms with E-state index in [1.54, 1.807) is 19.2 Å². The van der Waals surface area contributed by atoms with E-state index in [1.807, 2.05) is 32.3 Å². The minimum Gasteiger partial charge on any atom is -0.497 e. The highest BCUT2D eigenvalue weighted by molar-refractivity contribution is 14.0. The first-order valence-electron chi connectivity index (χ1n) is 9.22. The Kier molecular flexibility index (Phi) is 11.4. The van der Waals surface area contributed by atoms with Crippen molar-refractivity contribution in [3.8, 4) is 11.5 Å². The van der Waals surface area contributed by atoms with Crippen molar-refractivity contribution in [1.29, 1.82) is 0 Å². The third-order valence-corrected chi connectivity index (χ3v) is 4.42. The van der Waals surface area contributed by atoms with Gasteiger partial charge in [-0.2, -0.15) is 8.78 Å². The summed E-state index contributed by atoms with van der Waals surface area (Å²) in [6, 6.07) is 15.0. The monoisotopic (exact) mass is 534 g/mol. The molecule has 0 radical (unpaired) electrons. The fourth-order valence-electron chi connectivity index (χ4n) is 2.90. The number of rotatable bonds is 9. The first kappa shape index (κ1) is 25.9. The van der Waals surface area contributed by atoms with Gasteiger partial charge in [-0.05, 0) is 37.9 Å². The quantitative estimate of drug-likeness (QED) is 0.291. The van der Waals surface area contributed by atoms with Crippen LogP contribution in [-0.2, 0) is 6.54 Å². The fraction of sp³-hybridized carbons (Fsp3) is 0.381. The molecule has 0 aliphatic heterocycles. The van der Waals surface area contributed by atoms with Crippen LogP contribution in [0.3, 0.4) is 0 Å². The van der Waals surface area contributed by atoms with Crippen LogP contribution in [0.15, 0.2) is 53.5 Å². The molecule has 0 fully saturated rings. The van der Waals surface area contributed by atoms with Crippen LogP contribution in [0.1, 0.15) is 17.2 Å². The molecule has 0 aliphatic carbocycles. The summed E-state index contributed by atoms with van der Waals surface area (Å²) in [6.45, 7) is -2.03. The predicted octanol–water partition coefficient (Wildman–Crippen LogP) is 3.88. The Balaban J connectivity index is 0.00000450. The average molecular weight is 534 g/mol. The molecule has 1 unspecified atom stereocenters. The Hall–Kier alpha value is -2.14. The first-order chi connectivity index (χ1) is 13.9. The lowest BCUT2D eigenvalue weighted by molar-refractivity contribution is -0.0504. The highest BCUT2D eigenvalue weighted by Crippen LogP contribution is 2.25. The molecule has 0 amide bonds. The van der Waals surface area contributed by atoms with Crippen molar-refractivity contribution in [3.63, 3.8) is 0 Å². The van der Waals surface area contributed by atoms with Gasteiger partial charge in [-0.15, -0.1) is 24.0 Å². The molecule has 6 nitrogen and oxygen atoms in total. The van der Waals surface area contributed by atoms with E-state index in [2.05, 4.69) is 37.4 Å². The standard InChI is InChI=1S/C21H28F2N4O2.HI/c1-24-21(26-14-18(27(2)3)15-8-6-5-7-9-15)25-13-16-12-17(28-4)10-11-19(16)29-20(22)23;/h5-12,18,20H,13-14H2,1-4H3,(H2,24,25,26);1H. The van der Waals surface area contributed by atoms with Gasteiger partial charge in [-0.3, -0.25) is 4.99 Å². The van der Waals surface area contributed by atoms with E-state index in [0.29, 0.717) is 23.8 Å². The zero-order valence-electron chi connectivity index (χ0n) is 17.6. The van der Waals surface area contributed by atoms with E-state index < -0.39 is 6.61 Å². The van der Waals surface area contributed by atoms with Crippen molar-refractivity contribution in [2.45, 2.75) is 19.2 Å². The number of ether oxygens (including phenoxy) is 2. The summed E-state index contributed by atoms with van der Waals surface area (Å²) >= 11 is 0. The molecule has 2 aromatic carbocycles. The Labute approximate surface area is 193 Å². The summed E-state index contributed by atoms with van der Waals surface area (Å²) in [4.78, 5) is 6.33. The minimum atomic E-state index is -2.90. The van der Waals surface area contributed by atoms with Gasteiger partial charge in [0.25, 0.3) is 0 Å². The number of nitrogens with zero attached hydrogens (tertiary/aromatic N) is 2. The summed E-state index contributed by atoms with van der Waals surface area (Å²) in [5.74, 6) is 1.21. The van der Waals surface area contributed by atoms with Gasteiger partial charge in [0.2, 0.25) is 0 Å². The highest BCUT2D eigenvalue weighted by atomic mass is 127. The second-order valence-corrected chi connectivity index (χ2v) is 6.55. The fourth-order valence-corrected chi connectivity index (χ4v) is 2.90. The number of methoxy groups -OCH3 is 1.